The van der Waals surface area contributed by atoms with Crippen LogP contribution >= 0.6 is 0 Å². The third kappa shape index (κ3) is 3.61. The molecule has 1 aromatic heterocycles. The normalized spacial score (nSPS) is 12.6. The number of benzene rings is 1. The van der Waals surface area contributed by atoms with Gasteiger partial charge in [-0.05, 0) is 24.6 Å². The van der Waals surface area contributed by atoms with Crippen LogP contribution in [0.15, 0.2) is 30.7 Å². The van der Waals surface area contributed by atoms with E-state index in [9.17, 15) is 8.78 Å². The molecule has 0 radical (unpaired) electrons. The van der Waals surface area contributed by atoms with Gasteiger partial charge < -0.3 is 10.3 Å². The van der Waals surface area contributed by atoms with E-state index >= 15 is 0 Å². The average Bonchev–Trinajstić information content (AvgIpc) is 2.81. The molecule has 0 amide bonds. The fraction of sp³-hybridized carbons (Fsp3) is 0.357. The zero-order valence-electron chi connectivity index (χ0n) is 10.8. The molecule has 1 heterocycles. The van der Waals surface area contributed by atoms with Gasteiger partial charge in [-0.3, -0.25) is 0 Å². The number of imidazole rings is 1. The van der Waals surface area contributed by atoms with Crippen LogP contribution in [0.25, 0.3) is 0 Å². The molecule has 0 aliphatic heterocycles. The van der Waals surface area contributed by atoms with E-state index in [1.807, 2.05) is 13.1 Å². The summed E-state index contributed by atoms with van der Waals surface area (Å²) in [6.45, 7) is 2.28. The lowest BCUT2D eigenvalue weighted by Gasteiger charge is -2.05. The summed E-state index contributed by atoms with van der Waals surface area (Å²) in [6.07, 6.45) is 5.00. The van der Waals surface area contributed by atoms with E-state index < -0.39 is 11.6 Å². The Balaban J connectivity index is 2.09. The van der Waals surface area contributed by atoms with Gasteiger partial charge in [0.25, 0.3) is 0 Å². The largest absolute Gasteiger partial charge is 0.333 e. The summed E-state index contributed by atoms with van der Waals surface area (Å²) in [5.74, 6) is -0.855. The Bertz CT molecular complexity index is 551. The van der Waals surface area contributed by atoms with Crippen molar-refractivity contribution < 1.29 is 8.78 Å². The second kappa shape index (κ2) is 5.93. The van der Waals surface area contributed by atoms with Gasteiger partial charge in [-0.2, -0.15) is 0 Å². The average molecular weight is 265 g/mol. The molecule has 2 aromatic rings. The van der Waals surface area contributed by atoms with Crippen molar-refractivity contribution in [2.24, 2.45) is 5.73 Å². The molecule has 0 aliphatic rings. The molecule has 0 saturated carbocycles. The van der Waals surface area contributed by atoms with Crippen LogP contribution in [0.4, 0.5) is 8.78 Å². The van der Waals surface area contributed by atoms with Crippen molar-refractivity contribution in [1.29, 1.82) is 0 Å². The topological polar surface area (TPSA) is 43.8 Å². The highest BCUT2D eigenvalue weighted by atomic mass is 19.1. The van der Waals surface area contributed by atoms with Gasteiger partial charge in [0.2, 0.25) is 0 Å². The Morgan fingerprint density at radius 2 is 2.16 bits per heavy atom. The number of rotatable bonds is 5. The number of hydrogen-bond donors (Lipinski definition) is 1. The SMILES string of the molecule is CCC(N)Cc1cn(Cc2cc(F)ccc2F)cn1. The summed E-state index contributed by atoms with van der Waals surface area (Å²) < 4.78 is 28.3. The maximum Gasteiger partial charge on any atom is 0.128 e. The van der Waals surface area contributed by atoms with E-state index in [-0.39, 0.29) is 12.6 Å². The third-order valence-electron chi connectivity index (χ3n) is 3.04. The molecule has 1 atom stereocenters. The predicted molar refractivity (Wildman–Crippen MR) is 69.7 cm³/mol. The molecule has 0 bridgehead atoms. The van der Waals surface area contributed by atoms with Gasteiger partial charge in [-0.25, -0.2) is 13.8 Å². The van der Waals surface area contributed by atoms with Gasteiger partial charge in [0, 0.05) is 24.2 Å². The van der Waals surface area contributed by atoms with Crippen LogP contribution in [-0.4, -0.2) is 15.6 Å². The summed E-state index contributed by atoms with van der Waals surface area (Å²) in [5.41, 5.74) is 7.03. The molecular formula is C14H17F2N3. The van der Waals surface area contributed by atoms with Crippen LogP contribution < -0.4 is 5.73 Å². The van der Waals surface area contributed by atoms with Crippen molar-refractivity contribution in [2.45, 2.75) is 32.4 Å². The van der Waals surface area contributed by atoms with Crippen LogP contribution in [0.5, 0.6) is 0 Å². The van der Waals surface area contributed by atoms with Crippen LogP contribution in [0.2, 0.25) is 0 Å². The van der Waals surface area contributed by atoms with Crippen LogP contribution in [0, 0.1) is 11.6 Å². The van der Waals surface area contributed by atoms with E-state index in [1.54, 1.807) is 10.9 Å². The van der Waals surface area contributed by atoms with Crippen molar-refractivity contribution in [1.82, 2.24) is 9.55 Å². The molecule has 1 aromatic carbocycles. The first kappa shape index (κ1) is 13.7. The second-order valence-corrected chi connectivity index (χ2v) is 4.65. The summed E-state index contributed by atoms with van der Waals surface area (Å²) in [6, 6.07) is 3.52. The fourth-order valence-electron chi connectivity index (χ4n) is 1.87. The maximum absolute atomic E-state index is 13.5. The van der Waals surface area contributed by atoms with E-state index in [4.69, 9.17) is 5.73 Å². The van der Waals surface area contributed by atoms with Gasteiger partial charge in [-0.15, -0.1) is 0 Å². The highest BCUT2D eigenvalue weighted by Gasteiger charge is 2.07. The first-order valence-corrected chi connectivity index (χ1v) is 6.28. The zero-order chi connectivity index (χ0) is 13.8. The number of aromatic nitrogens is 2. The Kier molecular flexibility index (Phi) is 4.27. The molecule has 0 aliphatic carbocycles. The minimum atomic E-state index is -0.440. The van der Waals surface area contributed by atoms with Crippen molar-refractivity contribution in [2.75, 3.05) is 0 Å². The van der Waals surface area contributed by atoms with E-state index in [0.29, 0.717) is 12.0 Å². The molecule has 2 rings (SSSR count). The molecule has 3 nitrogen and oxygen atoms in total. The van der Waals surface area contributed by atoms with Crippen LogP contribution in [0.1, 0.15) is 24.6 Å². The van der Waals surface area contributed by atoms with E-state index in [0.717, 1.165) is 24.2 Å². The molecule has 0 fully saturated rings. The monoisotopic (exact) mass is 265 g/mol. The first-order valence-electron chi connectivity index (χ1n) is 6.28. The molecule has 0 saturated heterocycles. The Morgan fingerprint density at radius 3 is 2.89 bits per heavy atom. The summed E-state index contributed by atoms with van der Waals surface area (Å²) in [7, 11) is 0. The van der Waals surface area contributed by atoms with Gasteiger partial charge in [-0.1, -0.05) is 6.92 Å². The lowest BCUT2D eigenvalue weighted by Crippen LogP contribution is -2.21. The lowest BCUT2D eigenvalue weighted by atomic mass is 10.1. The smallest absolute Gasteiger partial charge is 0.128 e. The lowest BCUT2D eigenvalue weighted by molar-refractivity contribution is 0.576. The molecule has 5 heteroatoms. The van der Waals surface area contributed by atoms with Crippen molar-refractivity contribution in [3.05, 3.63) is 53.6 Å². The van der Waals surface area contributed by atoms with Gasteiger partial charge >= 0.3 is 0 Å². The highest BCUT2D eigenvalue weighted by Crippen LogP contribution is 2.12. The molecule has 102 valence electrons. The van der Waals surface area contributed by atoms with E-state index in [1.165, 1.54) is 6.07 Å². The minimum Gasteiger partial charge on any atom is -0.333 e. The zero-order valence-corrected chi connectivity index (χ0v) is 10.8. The molecule has 19 heavy (non-hydrogen) atoms. The molecule has 0 spiro atoms. The number of halogens is 2. The van der Waals surface area contributed by atoms with Crippen molar-refractivity contribution in [3.8, 4) is 0 Å². The number of nitrogens with zero attached hydrogens (tertiary/aromatic N) is 2. The number of nitrogens with two attached hydrogens (primary N) is 1. The molecule has 2 N–H and O–H groups in total. The van der Waals surface area contributed by atoms with Gasteiger partial charge in [0.15, 0.2) is 0 Å². The van der Waals surface area contributed by atoms with Crippen LogP contribution in [0.3, 0.4) is 0 Å². The quantitative estimate of drug-likeness (QED) is 0.902. The molecule has 1 unspecified atom stereocenters. The minimum absolute atomic E-state index is 0.0780. The van der Waals surface area contributed by atoms with Crippen molar-refractivity contribution in [3.63, 3.8) is 0 Å². The van der Waals surface area contributed by atoms with Crippen molar-refractivity contribution >= 4 is 0 Å². The summed E-state index contributed by atoms with van der Waals surface area (Å²) in [5, 5.41) is 0. The van der Waals surface area contributed by atoms with Crippen LogP contribution in [-0.2, 0) is 13.0 Å². The Morgan fingerprint density at radius 1 is 1.37 bits per heavy atom. The van der Waals surface area contributed by atoms with E-state index in [2.05, 4.69) is 4.98 Å². The van der Waals surface area contributed by atoms with Gasteiger partial charge in [0.1, 0.15) is 11.6 Å². The maximum atomic E-state index is 13.5. The summed E-state index contributed by atoms with van der Waals surface area (Å²) in [4.78, 5) is 4.22. The molecular weight excluding hydrogens is 248 g/mol. The highest BCUT2D eigenvalue weighted by molar-refractivity contribution is 5.19. The Hall–Kier alpha value is -1.75. The Labute approximate surface area is 111 Å². The first-order chi connectivity index (χ1) is 9.08. The predicted octanol–water partition coefficient (Wildman–Crippen LogP) is 2.49. The third-order valence-corrected chi connectivity index (χ3v) is 3.04. The second-order valence-electron chi connectivity index (χ2n) is 4.65. The summed E-state index contributed by atoms with van der Waals surface area (Å²) >= 11 is 0. The fourth-order valence-corrected chi connectivity index (χ4v) is 1.87. The van der Waals surface area contributed by atoms with Gasteiger partial charge in [0.05, 0.1) is 18.6 Å². The standard InChI is InChI=1S/C14H17F2N3/c1-2-12(17)6-13-8-19(9-18-13)7-10-5-11(15)3-4-14(10)16/h3-5,8-9,12H,2,6-7,17H2,1H3. The number of hydrogen-bond acceptors (Lipinski definition) is 2.